The molecule has 2 aromatic carbocycles. The van der Waals surface area contributed by atoms with E-state index in [1.807, 2.05) is 24.1 Å². The van der Waals surface area contributed by atoms with E-state index in [-0.39, 0.29) is 17.5 Å². The van der Waals surface area contributed by atoms with Crippen molar-refractivity contribution in [1.82, 2.24) is 10.2 Å². The molecule has 6 heteroatoms. The predicted molar refractivity (Wildman–Crippen MR) is 95.8 cm³/mol. The van der Waals surface area contributed by atoms with Gasteiger partial charge in [0.1, 0.15) is 5.82 Å². The molecule has 0 saturated heterocycles. The standard InChI is InChI=1S/C19H22FN3O2/c1-13(18(24)22-17-7-5-4-6-16(17)20)23(3)12-14-8-10-15(11-9-14)19(25)21-2/h4-11,13H,12H2,1-3H3,(H,21,25)(H,22,24)/t13-/m1/s1. The number of benzene rings is 2. The molecule has 0 aliphatic carbocycles. The van der Waals surface area contributed by atoms with Gasteiger partial charge < -0.3 is 10.6 Å². The number of hydrogen-bond acceptors (Lipinski definition) is 3. The topological polar surface area (TPSA) is 61.4 Å². The summed E-state index contributed by atoms with van der Waals surface area (Å²) < 4.78 is 13.6. The highest BCUT2D eigenvalue weighted by atomic mass is 19.1. The van der Waals surface area contributed by atoms with Crippen molar-refractivity contribution in [2.45, 2.75) is 19.5 Å². The molecule has 25 heavy (non-hydrogen) atoms. The first-order chi connectivity index (χ1) is 11.9. The normalized spacial score (nSPS) is 11.9. The molecule has 2 rings (SSSR count). The first kappa shape index (κ1) is 18.6. The van der Waals surface area contributed by atoms with Crippen molar-refractivity contribution in [2.24, 2.45) is 0 Å². The molecule has 132 valence electrons. The molecular weight excluding hydrogens is 321 g/mol. The highest BCUT2D eigenvalue weighted by molar-refractivity contribution is 5.95. The van der Waals surface area contributed by atoms with E-state index in [0.717, 1.165) is 5.56 Å². The maximum absolute atomic E-state index is 13.6. The van der Waals surface area contributed by atoms with Crippen LogP contribution in [0.5, 0.6) is 0 Å². The van der Waals surface area contributed by atoms with Gasteiger partial charge in [-0.25, -0.2) is 4.39 Å². The smallest absolute Gasteiger partial charge is 0.251 e. The fraction of sp³-hybridized carbons (Fsp3) is 0.263. The zero-order valence-corrected chi connectivity index (χ0v) is 14.5. The Bertz CT molecular complexity index is 747. The molecule has 2 amide bonds. The van der Waals surface area contributed by atoms with Crippen molar-refractivity contribution in [3.63, 3.8) is 0 Å². The van der Waals surface area contributed by atoms with Gasteiger partial charge in [-0.05, 0) is 43.8 Å². The van der Waals surface area contributed by atoms with Gasteiger partial charge in [0.2, 0.25) is 5.91 Å². The molecule has 0 bridgehead atoms. The van der Waals surface area contributed by atoms with Crippen LogP contribution in [0.15, 0.2) is 48.5 Å². The molecule has 0 aromatic heterocycles. The van der Waals surface area contributed by atoms with E-state index < -0.39 is 11.9 Å². The number of nitrogens with zero attached hydrogens (tertiary/aromatic N) is 1. The third-order valence-electron chi connectivity index (χ3n) is 4.05. The lowest BCUT2D eigenvalue weighted by atomic mass is 10.1. The van der Waals surface area contributed by atoms with E-state index >= 15 is 0 Å². The quantitative estimate of drug-likeness (QED) is 0.848. The average molecular weight is 343 g/mol. The Labute approximate surface area is 146 Å². The third kappa shape index (κ3) is 4.87. The third-order valence-corrected chi connectivity index (χ3v) is 4.05. The van der Waals surface area contributed by atoms with Crippen molar-refractivity contribution in [1.29, 1.82) is 0 Å². The molecule has 0 radical (unpaired) electrons. The van der Waals surface area contributed by atoms with Gasteiger partial charge in [0.15, 0.2) is 0 Å². The highest BCUT2D eigenvalue weighted by Crippen LogP contribution is 2.14. The summed E-state index contributed by atoms with van der Waals surface area (Å²) in [6, 6.07) is 12.8. The summed E-state index contributed by atoms with van der Waals surface area (Å²) in [6.07, 6.45) is 0. The van der Waals surface area contributed by atoms with E-state index in [9.17, 15) is 14.0 Å². The minimum absolute atomic E-state index is 0.141. The van der Waals surface area contributed by atoms with Crippen molar-refractivity contribution >= 4 is 17.5 Å². The molecular formula is C19H22FN3O2. The van der Waals surface area contributed by atoms with Crippen LogP contribution in [0.25, 0.3) is 0 Å². The van der Waals surface area contributed by atoms with Crippen molar-refractivity contribution in [2.75, 3.05) is 19.4 Å². The monoisotopic (exact) mass is 343 g/mol. The highest BCUT2D eigenvalue weighted by Gasteiger charge is 2.19. The van der Waals surface area contributed by atoms with Crippen LogP contribution >= 0.6 is 0 Å². The van der Waals surface area contributed by atoms with E-state index in [4.69, 9.17) is 0 Å². The Morgan fingerprint density at radius 1 is 1.12 bits per heavy atom. The number of hydrogen-bond donors (Lipinski definition) is 2. The summed E-state index contributed by atoms with van der Waals surface area (Å²) in [6.45, 7) is 2.29. The van der Waals surface area contributed by atoms with Crippen LogP contribution in [0, 0.1) is 5.82 Å². The summed E-state index contributed by atoms with van der Waals surface area (Å²) in [4.78, 5) is 25.7. The van der Waals surface area contributed by atoms with E-state index in [1.165, 1.54) is 12.1 Å². The van der Waals surface area contributed by atoms with Crippen LogP contribution in [0.1, 0.15) is 22.8 Å². The molecule has 0 heterocycles. The second-order valence-corrected chi connectivity index (χ2v) is 5.84. The van der Waals surface area contributed by atoms with Crippen LogP contribution < -0.4 is 10.6 Å². The lowest BCUT2D eigenvalue weighted by molar-refractivity contribution is -0.120. The van der Waals surface area contributed by atoms with Gasteiger partial charge in [-0.1, -0.05) is 24.3 Å². The Kier molecular flexibility index (Phi) is 6.25. The van der Waals surface area contributed by atoms with Crippen molar-refractivity contribution < 1.29 is 14.0 Å². The van der Waals surface area contributed by atoms with Crippen molar-refractivity contribution in [3.05, 3.63) is 65.5 Å². The number of rotatable bonds is 6. The number of likely N-dealkylation sites (N-methyl/N-ethyl adjacent to an activating group) is 1. The van der Waals surface area contributed by atoms with Crippen molar-refractivity contribution in [3.8, 4) is 0 Å². The SMILES string of the molecule is CNC(=O)c1ccc(CN(C)[C@H](C)C(=O)Nc2ccccc2F)cc1. The van der Waals surface area contributed by atoms with E-state index in [2.05, 4.69) is 10.6 Å². The molecule has 0 fully saturated rings. The number of carbonyl (C=O) groups is 2. The van der Waals surface area contributed by atoms with Gasteiger partial charge in [-0.3, -0.25) is 14.5 Å². The average Bonchev–Trinajstić information content (AvgIpc) is 2.62. The van der Waals surface area contributed by atoms with Crippen LogP contribution in [-0.4, -0.2) is 36.9 Å². The van der Waals surface area contributed by atoms with Gasteiger partial charge in [0.05, 0.1) is 11.7 Å². The molecule has 1 atom stereocenters. The summed E-state index contributed by atoms with van der Waals surface area (Å²) in [5, 5.41) is 5.17. The Balaban J connectivity index is 1.97. The van der Waals surface area contributed by atoms with Gasteiger partial charge in [-0.2, -0.15) is 0 Å². The Morgan fingerprint density at radius 3 is 2.36 bits per heavy atom. The second kappa shape index (κ2) is 8.39. The summed E-state index contributed by atoms with van der Waals surface area (Å²) >= 11 is 0. The molecule has 0 saturated carbocycles. The van der Waals surface area contributed by atoms with Crippen LogP contribution in [0.2, 0.25) is 0 Å². The summed E-state index contributed by atoms with van der Waals surface area (Å²) in [5.41, 5.74) is 1.72. The molecule has 0 spiro atoms. The Hall–Kier alpha value is -2.73. The zero-order valence-electron chi connectivity index (χ0n) is 14.5. The first-order valence-corrected chi connectivity index (χ1v) is 7.99. The largest absolute Gasteiger partial charge is 0.355 e. The Morgan fingerprint density at radius 2 is 1.76 bits per heavy atom. The minimum Gasteiger partial charge on any atom is -0.355 e. The molecule has 0 aliphatic heterocycles. The predicted octanol–water partition coefficient (Wildman–Crippen LogP) is 2.64. The minimum atomic E-state index is -0.463. The molecule has 5 nitrogen and oxygen atoms in total. The number of amides is 2. The fourth-order valence-corrected chi connectivity index (χ4v) is 2.33. The molecule has 2 aromatic rings. The maximum atomic E-state index is 13.6. The van der Waals surface area contributed by atoms with E-state index in [1.54, 1.807) is 38.2 Å². The van der Waals surface area contributed by atoms with Gasteiger partial charge in [0.25, 0.3) is 5.91 Å². The number of anilines is 1. The fourth-order valence-electron chi connectivity index (χ4n) is 2.33. The first-order valence-electron chi connectivity index (χ1n) is 7.99. The van der Waals surface area contributed by atoms with Crippen LogP contribution in [0.4, 0.5) is 10.1 Å². The lowest BCUT2D eigenvalue weighted by Gasteiger charge is -2.24. The number of carbonyl (C=O) groups excluding carboxylic acids is 2. The summed E-state index contributed by atoms with van der Waals surface area (Å²) in [5.74, 6) is -0.886. The zero-order chi connectivity index (χ0) is 18.4. The number of halogens is 1. The second-order valence-electron chi connectivity index (χ2n) is 5.84. The molecule has 0 unspecified atom stereocenters. The van der Waals surface area contributed by atoms with Crippen LogP contribution in [0.3, 0.4) is 0 Å². The molecule has 2 N–H and O–H groups in total. The maximum Gasteiger partial charge on any atom is 0.251 e. The van der Waals surface area contributed by atoms with Gasteiger partial charge >= 0.3 is 0 Å². The van der Waals surface area contributed by atoms with Gasteiger partial charge in [0, 0.05) is 19.2 Å². The van der Waals surface area contributed by atoms with E-state index in [0.29, 0.717) is 12.1 Å². The summed E-state index contributed by atoms with van der Waals surface area (Å²) in [7, 11) is 3.40. The molecule has 0 aliphatic rings. The number of nitrogens with one attached hydrogen (secondary N) is 2. The number of para-hydroxylation sites is 1. The van der Waals surface area contributed by atoms with Crippen LogP contribution in [-0.2, 0) is 11.3 Å². The lowest BCUT2D eigenvalue weighted by Crippen LogP contribution is -2.39. The van der Waals surface area contributed by atoms with Gasteiger partial charge in [-0.15, -0.1) is 0 Å².